The highest BCUT2D eigenvalue weighted by molar-refractivity contribution is 5.85. The number of hydrogen-bond donors (Lipinski definition) is 1. The predicted molar refractivity (Wildman–Crippen MR) is 76.2 cm³/mol. The van der Waals surface area contributed by atoms with E-state index < -0.39 is 5.97 Å². The molecule has 0 aliphatic heterocycles. The van der Waals surface area contributed by atoms with Crippen molar-refractivity contribution in [1.29, 1.82) is 0 Å². The Kier molecular flexibility index (Phi) is 3.08. The third-order valence-corrected chi connectivity index (χ3v) is 3.85. The van der Waals surface area contributed by atoms with Crippen molar-refractivity contribution in [3.8, 4) is 0 Å². The van der Waals surface area contributed by atoms with E-state index in [4.69, 9.17) is 5.11 Å². The first-order chi connectivity index (χ1) is 9.54. The third-order valence-electron chi connectivity index (χ3n) is 3.85. The van der Waals surface area contributed by atoms with Gasteiger partial charge in [-0.1, -0.05) is 23.8 Å². The van der Waals surface area contributed by atoms with Crippen molar-refractivity contribution in [2.45, 2.75) is 39.2 Å². The second kappa shape index (κ2) is 4.78. The maximum Gasteiger partial charge on any atom is 0.356 e. The molecular weight excluding hydrogens is 252 g/mol. The molecule has 1 N–H and O–H groups in total. The highest BCUT2D eigenvalue weighted by atomic mass is 16.4. The molecule has 1 fully saturated rings. The number of hydrogen-bond acceptors (Lipinski definition) is 2. The van der Waals surface area contributed by atoms with Gasteiger partial charge in [-0.15, -0.1) is 0 Å². The van der Waals surface area contributed by atoms with E-state index in [1.165, 1.54) is 16.7 Å². The molecule has 0 atom stereocenters. The standard InChI is InChI=1S/C16H18N2O2/c1-10-3-4-11(2)13(7-10)9-18-15(12-5-6-12)8-14(17-18)16(19)20/h3-4,7-8,12H,5-6,9H2,1-2H3,(H,19,20). The Morgan fingerprint density at radius 2 is 2.10 bits per heavy atom. The Bertz CT molecular complexity index is 669. The predicted octanol–water partition coefficient (Wildman–Crippen LogP) is 3.12. The van der Waals surface area contributed by atoms with E-state index in [1.54, 1.807) is 6.07 Å². The Morgan fingerprint density at radius 1 is 1.35 bits per heavy atom. The van der Waals surface area contributed by atoms with Crippen LogP contribution < -0.4 is 0 Å². The SMILES string of the molecule is Cc1ccc(C)c(Cn2nc(C(=O)O)cc2C2CC2)c1. The van der Waals surface area contributed by atoms with Crippen LogP contribution >= 0.6 is 0 Å². The average Bonchev–Trinajstić information content (AvgIpc) is 3.15. The fourth-order valence-corrected chi connectivity index (χ4v) is 2.50. The number of carboxylic acid groups (broad SMARTS) is 1. The van der Waals surface area contributed by atoms with Crippen LogP contribution in [0.1, 0.15) is 51.6 Å². The number of carboxylic acids is 1. The molecule has 1 aliphatic carbocycles. The molecule has 0 radical (unpaired) electrons. The summed E-state index contributed by atoms with van der Waals surface area (Å²) >= 11 is 0. The highest BCUT2D eigenvalue weighted by Gasteiger charge is 2.29. The van der Waals surface area contributed by atoms with Crippen LogP contribution in [0.25, 0.3) is 0 Å². The Hall–Kier alpha value is -2.10. The topological polar surface area (TPSA) is 55.1 Å². The van der Waals surface area contributed by atoms with Gasteiger partial charge in [0.1, 0.15) is 0 Å². The van der Waals surface area contributed by atoms with Gasteiger partial charge in [0.25, 0.3) is 0 Å². The van der Waals surface area contributed by atoms with E-state index in [9.17, 15) is 4.79 Å². The van der Waals surface area contributed by atoms with Gasteiger partial charge in [-0.2, -0.15) is 5.10 Å². The van der Waals surface area contributed by atoms with Gasteiger partial charge in [0, 0.05) is 11.6 Å². The highest BCUT2D eigenvalue weighted by Crippen LogP contribution is 2.40. The van der Waals surface area contributed by atoms with Crippen LogP contribution in [0.15, 0.2) is 24.3 Å². The third kappa shape index (κ3) is 2.46. The van der Waals surface area contributed by atoms with E-state index in [0.29, 0.717) is 12.5 Å². The molecule has 2 aromatic rings. The van der Waals surface area contributed by atoms with Crippen LogP contribution in [0.2, 0.25) is 0 Å². The fraction of sp³-hybridized carbons (Fsp3) is 0.375. The molecule has 0 spiro atoms. The van der Waals surface area contributed by atoms with Gasteiger partial charge in [-0.05, 0) is 43.9 Å². The van der Waals surface area contributed by atoms with Crippen molar-refractivity contribution in [3.05, 3.63) is 52.3 Å². The minimum atomic E-state index is -0.952. The summed E-state index contributed by atoms with van der Waals surface area (Å²) in [6, 6.07) is 8.06. The van der Waals surface area contributed by atoms with E-state index >= 15 is 0 Å². The number of aromatic nitrogens is 2. The van der Waals surface area contributed by atoms with Crippen molar-refractivity contribution >= 4 is 5.97 Å². The minimum Gasteiger partial charge on any atom is -0.476 e. The van der Waals surface area contributed by atoms with Crippen LogP contribution in [0.3, 0.4) is 0 Å². The number of aromatic carboxylic acids is 1. The molecule has 104 valence electrons. The molecule has 0 bridgehead atoms. The summed E-state index contributed by atoms with van der Waals surface area (Å²) in [5, 5.41) is 13.4. The van der Waals surface area contributed by atoms with Crippen molar-refractivity contribution in [1.82, 2.24) is 9.78 Å². The lowest BCUT2D eigenvalue weighted by molar-refractivity contribution is 0.0689. The van der Waals surface area contributed by atoms with Crippen molar-refractivity contribution < 1.29 is 9.90 Å². The normalized spacial score (nSPS) is 14.5. The lowest BCUT2D eigenvalue weighted by Gasteiger charge is -2.10. The van der Waals surface area contributed by atoms with E-state index in [-0.39, 0.29) is 5.69 Å². The summed E-state index contributed by atoms with van der Waals surface area (Å²) in [6.07, 6.45) is 2.27. The Balaban J connectivity index is 1.97. The molecule has 1 aromatic heterocycles. The summed E-state index contributed by atoms with van der Waals surface area (Å²) in [4.78, 5) is 11.1. The summed E-state index contributed by atoms with van der Waals surface area (Å²) in [5.74, 6) is -0.465. The molecule has 20 heavy (non-hydrogen) atoms. The van der Waals surface area contributed by atoms with E-state index in [1.807, 2.05) is 4.68 Å². The monoisotopic (exact) mass is 270 g/mol. The number of benzene rings is 1. The molecule has 0 saturated heterocycles. The summed E-state index contributed by atoms with van der Waals surface area (Å²) < 4.78 is 1.86. The van der Waals surface area contributed by atoms with Crippen molar-refractivity contribution in [2.75, 3.05) is 0 Å². The van der Waals surface area contributed by atoms with Gasteiger partial charge in [-0.3, -0.25) is 4.68 Å². The fourth-order valence-electron chi connectivity index (χ4n) is 2.50. The zero-order valence-electron chi connectivity index (χ0n) is 11.8. The largest absolute Gasteiger partial charge is 0.476 e. The van der Waals surface area contributed by atoms with Gasteiger partial charge in [0.05, 0.1) is 6.54 Å². The summed E-state index contributed by atoms with van der Waals surface area (Å²) in [7, 11) is 0. The smallest absolute Gasteiger partial charge is 0.356 e. The molecular formula is C16H18N2O2. The van der Waals surface area contributed by atoms with Gasteiger partial charge in [0.15, 0.2) is 5.69 Å². The number of carbonyl (C=O) groups is 1. The Labute approximate surface area is 118 Å². The van der Waals surface area contributed by atoms with E-state index in [2.05, 4.69) is 37.1 Å². The lowest BCUT2D eigenvalue weighted by atomic mass is 10.1. The second-order valence-electron chi connectivity index (χ2n) is 5.62. The van der Waals surface area contributed by atoms with Crippen molar-refractivity contribution in [2.24, 2.45) is 0 Å². The first-order valence-corrected chi connectivity index (χ1v) is 6.92. The molecule has 0 unspecified atom stereocenters. The summed E-state index contributed by atoms with van der Waals surface area (Å²) in [5.41, 5.74) is 4.83. The van der Waals surface area contributed by atoms with Crippen LogP contribution in [0.5, 0.6) is 0 Å². The zero-order chi connectivity index (χ0) is 14.3. The Morgan fingerprint density at radius 3 is 2.75 bits per heavy atom. The van der Waals surface area contributed by atoms with Crippen molar-refractivity contribution in [3.63, 3.8) is 0 Å². The molecule has 0 amide bonds. The molecule has 4 nitrogen and oxygen atoms in total. The van der Waals surface area contributed by atoms with Gasteiger partial charge in [-0.25, -0.2) is 4.79 Å². The maximum absolute atomic E-state index is 11.1. The first-order valence-electron chi connectivity index (χ1n) is 6.92. The molecule has 4 heteroatoms. The first kappa shape index (κ1) is 12.9. The number of rotatable bonds is 4. The van der Waals surface area contributed by atoms with Gasteiger partial charge < -0.3 is 5.11 Å². The molecule has 1 heterocycles. The van der Waals surface area contributed by atoms with Crippen LogP contribution in [-0.4, -0.2) is 20.9 Å². The maximum atomic E-state index is 11.1. The van der Waals surface area contributed by atoms with Gasteiger partial charge in [0.2, 0.25) is 0 Å². The van der Waals surface area contributed by atoms with Crippen LogP contribution in [0, 0.1) is 13.8 Å². The number of nitrogens with zero attached hydrogens (tertiary/aromatic N) is 2. The van der Waals surface area contributed by atoms with Crippen LogP contribution in [0.4, 0.5) is 0 Å². The second-order valence-corrected chi connectivity index (χ2v) is 5.62. The molecule has 1 aromatic carbocycles. The zero-order valence-corrected chi connectivity index (χ0v) is 11.8. The summed E-state index contributed by atoms with van der Waals surface area (Å²) in [6.45, 7) is 4.79. The molecule has 3 rings (SSSR count). The van der Waals surface area contributed by atoms with Crippen LogP contribution in [-0.2, 0) is 6.54 Å². The quantitative estimate of drug-likeness (QED) is 0.928. The average molecular weight is 270 g/mol. The molecule has 1 aliphatic rings. The lowest BCUT2D eigenvalue weighted by Crippen LogP contribution is -2.08. The minimum absolute atomic E-state index is 0.150. The number of aryl methyl sites for hydroxylation is 2. The molecule has 1 saturated carbocycles. The van der Waals surface area contributed by atoms with Gasteiger partial charge >= 0.3 is 5.97 Å². The van der Waals surface area contributed by atoms with E-state index in [0.717, 1.165) is 18.5 Å².